The van der Waals surface area contributed by atoms with Gasteiger partial charge in [-0.2, -0.15) is 0 Å². The molecule has 3 aromatic carbocycles. The van der Waals surface area contributed by atoms with Crippen LogP contribution in [0.25, 0.3) is 0 Å². The van der Waals surface area contributed by atoms with Crippen molar-refractivity contribution in [2.24, 2.45) is 15.4 Å². The zero-order valence-electron chi connectivity index (χ0n) is 18.6. The van der Waals surface area contributed by atoms with E-state index in [4.69, 9.17) is 9.98 Å². The average Bonchev–Trinajstić information content (AvgIpc) is 3.22. The van der Waals surface area contributed by atoms with Gasteiger partial charge in [0.2, 0.25) is 0 Å². The third kappa shape index (κ3) is 4.10. The second-order valence-corrected chi connectivity index (χ2v) is 13.1. The third-order valence-corrected chi connectivity index (χ3v) is 10.5. The Kier molecular flexibility index (Phi) is 6.36. The van der Waals surface area contributed by atoms with Crippen LogP contribution in [0.3, 0.4) is 0 Å². The lowest BCUT2D eigenvalue weighted by Gasteiger charge is -2.30. The quantitative estimate of drug-likeness (QED) is 0.473. The Morgan fingerprint density at radius 1 is 0.677 bits per heavy atom. The van der Waals surface area contributed by atoms with Crippen molar-refractivity contribution in [1.82, 2.24) is 0 Å². The van der Waals surface area contributed by atoms with Crippen molar-refractivity contribution in [1.29, 1.82) is 0 Å². The molecule has 4 rings (SSSR count). The zero-order chi connectivity index (χ0) is 21.9. The standard InChI is InChI=1S/C27H29N2PS/c1-5-31-25-24(28-26(29-25)27(2,3)4)30(21-15-9-6-10-16-21,22-17-11-7-12-18-22)23-19-13-8-14-20-23/h6-20H,5H2,1-4H3. The van der Waals surface area contributed by atoms with E-state index in [9.17, 15) is 0 Å². The predicted octanol–water partition coefficient (Wildman–Crippen LogP) is 5.72. The van der Waals surface area contributed by atoms with Crippen molar-refractivity contribution in [3.63, 3.8) is 0 Å². The third-order valence-electron chi connectivity index (χ3n) is 5.31. The minimum absolute atomic E-state index is 0.110. The monoisotopic (exact) mass is 444 g/mol. The van der Waals surface area contributed by atoms with Crippen molar-refractivity contribution in [3.8, 4) is 0 Å². The van der Waals surface area contributed by atoms with Gasteiger partial charge in [0.05, 0.1) is 0 Å². The number of hydrogen-bond acceptors (Lipinski definition) is 2. The fraction of sp³-hybridized carbons (Fsp3) is 0.222. The summed E-state index contributed by atoms with van der Waals surface area (Å²) in [7, 11) is 0. The molecule has 0 unspecified atom stereocenters. The van der Waals surface area contributed by atoms with Crippen LogP contribution in [0, 0.1) is 5.41 Å². The summed E-state index contributed by atoms with van der Waals surface area (Å²) in [5, 5.41) is 5.00. The van der Waals surface area contributed by atoms with Crippen molar-refractivity contribution in [2.75, 3.05) is 5.75 Å². The molecule has 0 spiro atoms. The Morgan fingerprint density at radius 2 is 1.10 bits per heavy atom. The number of hydrogen-bond donors (Lipinski definition) is 0. The van der Waals surface area contributed by atoms with Crippen LogP contribution in [0.5, 0.6) is 0 Å². The van der Waals surface area contributed by atoms with E-state index in [1.165, 1.54) is 15.9 Å². The maximum Gasteiger partial charge on any atom is 0.135 e. The van der Waals surface area contributed by atoms with E-state index in [-0.39, 0.29) is 5.41 Å². The molecular formula is C27H29N2PS. The lowest BCUT2D eigenvalue weighted by atomic mass is 9.95. The highest BCUT2D eigenvalue weighted by Crippen LogP contribution is 2.48. The van der Waals surface area contributed by atoms with Gasteiger partial charge < -0.3 is 0 Å². The van der Waals surface area contributed by atoms with Crippen LogP contribution in [0.1, 0.15) is 27.7 Å². The summed E-state index contributed by atoms with van der Waals surface area (Å²) in [5.41, 5.74) is 1.02. The van der Waals surface area contributed by atoms with Gasteiger partial charge in [-0.3, -0.25) is 0 Å². The van der Waals surface area contributed by atoms with Crippen LogP contribution in [-0.4, -0.2) is 22.0 Å². The summed E-state index contributed by atoms with van der Waals surface area (Å²) in [4.78, 5) is 10.4. The molecule has 0 aromatic heterocycles. The van der Waals surface area contributed by atoms with Gasteiger partial charge in [-0.1, -0.05) is 119 Å². The molecule has 1 heterocycles. The van der Waals surface area contributed by atoms with E-state index in [1.54, 1.807) is 11.8 Å². The first kappa shape index (κ1) is 21.9. The van der Waals surface area contributed by atoms with E-state index < -0.39 is 6.89 Å². The molecule has 0 saturated heterocycles. The number of benzene rings is 3. The molecule has 0 atom stereocenters. The summed E-state index contributed by atoms with van der Waals surface area (Å²) < 4.78 is 0. The van der Waals surface area contributed by atoms with Crippen LogP contribution in [-0.2, 0) is 0 Å². The molecule has 0 radical (unpaired) electrons. The van der Waals surface area contributed by atoms with Crippen LogP contribution in [0.2, 0.25) is 0 Å². The van der Waals surface area contributed by atoms with Gasteiger partial charge in [0.15, 0.2) is 0 Å². The van der Waals surface area contributed by atoms with Crippen LogP contribution < -0.4 is 15.9 Å². The van der Waals surface area contributed by atoms with Crippen LogP contribution in [0.15, 0.2) is 101 Å². The fourth-order valence-electron chi connectivity index (χ4n) is 3.88. The van der Waals surface area contributed by atoms with E-state index in [1.807, 2.05) is 0 Å². The molecule has 1 aliphatic rings. The molecule has 4 heteroatoms. The molecule has 0 N–H and O–H groups in total. The molecule has 0 fully saturated rings. The molecular weight excluding hydrogens is 415 g/mol. The van der Waals surface area contributed by atoms with Gasteiger partial charge in [0.1, 0.15) is 16.3 Å². The SMILES string of the molecule is CCSC1=NC(C(C)(C)C)=NC1=P(c1ccccc1)(c1ccccc1)c1ccccc1. The molecule has 158 valence electrons. The van der Waals surface area contributed by atoms with Crippen LogP contribution >= 0.6 is 18.6 Å². The largest absolute Gasteiger partial charge is 0.229 e. The minimum atomic E-state index is -2.22. The summed E-state index contributed by atoms with van der Waals surface area (Å²) in [6.07, 6.45) is 0. The van der Waals surface area contributed by atoms with E-state index in [0.29, 0.717) is 0 Å². The highest BCUT2D eigenvalue weighted by molar-refractivity contribution is 8.18. The van der Waals surface area contributed by atoms with Gasteiger partial charge in [-0.25, -0.2) is 9.98 Å². The molecule has 1 aliphatic heterocycles. The normalized spacial score (nSPS) is 14.4. The Bertz CT molecular complexity index is 1050. The van der Waals surface area contributed by atoms with Crippen molar-refractivity contribution in [2.45, 2.75) is 27.7 Å². The van der Waals surface area contributed by atoms with Gasteiger partial charge in [0, 0.05) is 12.3 Å². The van der Waals surface area contributed by atoms with E-state index in [0.717, 1.165) is 22.0 Å². The molecule has 0 amide bonds. The maximum atomic E-state index is 5.32. The fourth-order valence-corrected chi connectivity index (χ4v) is 9.15. The van der Waals surface area contributed by atoms with Gasteiger partial charge in [0.25, 0.3) is 0 Å². The second kappa shape index (κ2) is 9.02. The first-order chi connectivity index (χ1) is 15.0. The predicted molar refractivity (Wildman–Crippen MR) is 143 cm³/mol. The lowest BCUT2D eigenvalue weighted by molar-refractivity contribution is 0.587. The first-order valence-corrected chi connectivity index (χ1v) is 13.5. The Morgan fingerprint density at radius 3 is 1.45 bits per heavy atom. The number of amidine groups is 1. The van der Waals surface area contributed by atoms with E-state index in [2.05, 4.69) is 119 Å². The maximum absolute atomic E-state index is 5.32. The van der Waals surface area contributed by atoms with Crippen molar-refractivity contribution >= 4 is 50.9 Å². The summed E-state index contributed by atoms with van der Waals surface area (Å²) in [6, 6.07) is 32.7. The van der Waals surface area contributed by atoms with Crippen LogP contribution in [0.4, 0.5) is 0 Å². The number of nitrogens with zero attached hydrogens (tertiary/aromatic N) is 2. The zero-order valence-corrected chi connectivity index (χ0v) is 20.3. The highest BCUT2D eigenvalue weighted by atomic mass is 32.2. The van der Waals surface area contributed by atoms with Gasteiger partial charge in [-0.05, 0) is 21.7 Å². The first-order valence-electron chi connectivity index (χ1n) is 10.7. The summed E-state index contributed by atoms with van der Waals surface area (Å²) in [6.45, 7) is 6.56. The smallest absolute Gasteiger partial charge is 0.135 e. The summed E-state index contributed by atoms with van der Waals surface area (Å²) in [5.74, 6) is 1.89. The Labute approximate surface area is 190 Å². The summed E-state index contributed by atoms with van der Waals surface area (Å²) >= 11 is 1.80. The van der Waals surface area contributed by atoms with Crippen molar-refractivity contribution < 1.29 is 0 Å². The second-order valence-electron chi connectivity index (χ2n) is 8.54. The minimum Gasteiger partial charge on any atom is -0.229 e. The Balaban J connectivity index is 2.23. The van der Waals surface area contributed by atoms with Crippen molar-refractivity contribution in [3.05, 3.63) is 91.0 Å². The number of aliphatic imine (C=N–C) groups is 2. The average molecular weight is 445 g/mol. The molecule has 3 aromatic rings. The molecule has 0 aliphatic carbocycles. The molecule has 0 bridgehead atoms. The van der Waals surface area contributed by atoms with Gasteiger partial charge >= 0.3 is 0 Å². The lowest BCUT2D eigenvalue weighted by Crippen LogP contribution is -2.31. The number of rotatable bonds is 4. The highest BCUT2D eigenvalue weighted by Gasteiger charge is 2.36. The molecule has 2 nitrogen and oxygen atoms in total. The van der Waals surface area contributed by atoms with E-state index >= 15 is 0 Å². The topological polar surface area (TPSA) is 24.7 Å². The number of thioether (sulfide) groups is 1. The Hall–Kier alpha value is -2.35. The molecule has 0 saturated carbocycles. The molecule has 31 heavy (non-hydrogen) atoms. The van der Waals surface area contributed by atoms with Gasteiger partial charge in [-0.15, -0.1) is 11.8 Å².